The first-order valence-electron chi connectivity index (χ1n) is 8.25. The van der Waals surface area contributed by atoms with Crippen LogP contribution in [0.2, 0.25) is 0 Å². The largest absolute Gasteiger partial charge is 0.332 e. The van der Waals surface area contributed by atoms with Crippen molar-refractivity contribution in [2.45, 2.75) is 18.7 Å². The van der Waals surface area contributed by atoms with Gasteiger partial charge in [-0.1, -0.05) is 22.9 Å². The lowest BCUT2D eigenvalue weighted by Crippen LogP contribution is -1.84. The molecule has 4 aromatic rings. The molecule has 4 rings (SSSR count). The van der Waals surface area contributed by atoms with Gasteiger partial charge in [0.25, 0.3) is 5.89 Å². The van der Waals surface area contributed by atoms with Gasteiger partial charge in [-0.3, -0.25) is 5.10 Å². The first-order chi connectivity index (χ1) is 12.6. The summed E-state index contributed by atoms with van der Waals surface area (Å²) in [5.41, 5.74) is 5.97. The molecule has 0 fully saturated rings. The Bertz CT molecular complexity index is 1050. The van der Waals surface area contributed by atoms with E-state index in [1.54, 1.807) is 11.8 Å². The number of hydrogen-bond acceptors (Lipinski definition) is 5. The van der Waals surface area contributed by atoms with Gasteiger partial charge in [0.15, 0.2) is 0 Å². The van der Waals surface area contributed by atoms with Gasteiger partial charge in [-0.05, 0) is 62.1 Å². The maximum atomic E-state index is 5.43. The molecule has 0 saturated carbocycles. The highest BCUT2D eigenvalue weighted by atomic mass is 32.2. The number of aromatic amines is 1. The second-order valence-electron chi connectivity index (χ2n) is 6.14. The maximum absolute atomic E-state index is 5.43. The summed E-state index contributed by atoms with van der Waals surface area (Å²) in [5.74, 6) is 0.994. The van der Waals surface area contributed by atoms with E-state index in [4.69, 9.17) is 4.52 Å². The SMILES string of the molecule is CSc1ccc(-c2noc(-c3cc(-c4cc(C)ccc4C)n[nH]3)n2)cc1. The number of aryl methyl sites for hydroxylation is 2. The van der Waals surface area contributed by atoms with Crippen molar-refractivity contribution in [2.75, 3.05) is 6.26 Å². The van der Waals surface area contributed by atoms with Crippen LogP contribution in [0.4, 0.5) is 0 Å². The van der Waals surface area contributed by atoms with Crippen LogP contribution in [0.5, 0.6) is 0 Å². The summed E-state index contributed by atoms with van der Waals surface area (Å²) in [7, 11) is 0. The standard InChI is InChI=1S/C20H18N4OS/c1-12-4-5-13(2)16(10-12)17-11-18(23-22-17)20-21-19(24-25-20)14-6-8-15(26-3)9-7-14/h4-11H,1-3H3,(H,22,23). The highest BCUT2D eigenvalue weighted by molar-refractivity contribution is 7.98. The normalized spacial score (nSPS) is 11.0. The Kier molecular flexibility index (Phi) is 4.34. The fourth-order valence-electron chi connectivity index (χ4n) is 2.77. The quantitative estimate of drug-likeness (QED) is 0.510. The summed E-state index contributed by atoms with van der Waals surface area (Å²) in [6, 6.07) is 16.3. The number of aromatic nitrogens is 4. The predicted octanol–water partition coefficient (Wildman–Crippen LogP) is 5.13. The van der Waals surface area contributed by atoms with E-state index in [0.717, 1.165) is 16.8 Å². The maximum Gasteiger partial charge on any atom is 0.276 e. The van der Waals surface area contributed by atoms with E-state index < -0.39 is 0 Å². The van der Waals surface area contributed by atoms with Gasteiger partial charge in [-0.25, -0.2) is 0 Å². The Labute approximate surface area is 155 Å². The molecule has 0 atom stereocenters. The van der Waals surface area contributed by atoms with Gasteiger partial charge >= 0.3 is 0 Å². The smallest absolute Gasteiger partial charge is 0.276 e. The van der Waals surface area contributed by atoms with Gasteiger partial charge in [0.1, 0.15) is 5.69 Å². The van der Waals surface area contributed by atoms with Gasteiger partial charge in [0.2, 0.25) is 5.82 Å². The highest BCUT2D eigenvalue weighted by Crippen LogP contribution is 2.28. The van der Waals surface area contributed by atoms with Crippen LogP contribution in [0.25, 0.3) is 34.2 Å². The monoisotopic (exact) mass is 362 g/mol. The molecule has 26 heavy (non-hydrogen) atoms. The lowest BCUT2D eigenvalue weighted by molar-refractivity contribution is 0.431. The fourth-order valence-corrected chi connectivity index (χ4v) is 3.18. The van der Waals surface area contributed by atoms with Crippen molar-refractivity contribution in [3.8, 4) is 34.2 Å². The van der Waals surface area contributed by atoms with Crippen molar-refractivity contribution in [3.63, 3.8) is 0 Å². The topological polar surface area (TPSA) is 67.6 Å². The van der Waals surface area contributed by atoms with Crippen LogP contribution in [-0.2, 0) is 0 Å². The van der Waals surface area contributed by atoms with Crippen LogP contribution < -0.4 is 0 Å². The number of nitrogens with one attached hydrogen (secondary N) is 1. The molecule has 2 heterocycles. The summed E-state index contributed by atoms with van der Waals surface area (Å²) in [4.78, 5) is 5.70. The van der Waals surface area contributed by atoms with Gasteiger partial charge in [0, 0.05) is 16.0 Å². The average Bonchev–Trinajstić information content (AvgIpc) is 3.33. The second kappa shape index (κ2) is 6.80. The Morgan fingerprint density at radius 3 is 2.58 bits per heavy atom. The number of hydrogen-bond donors (Lipinski definition) is 1. The van der Waals surface area contributed by atoms with Crippen LogP contribution in [0.3, 0.4) is 0 Å². The molecule has 6 heteroatoms. The number of benzene rings is 2. The van der Waals surface area contributed by atoms with Crippen molar-refractivity contribution in [1.29, 1.82) is 0 Å². The molecule has 0 aliphatic carbocycles. The van der Waals surface area contributed by atoms with Crippen molar-refractivity contribution in [3.05, 3.63) is 59.7 Å². The third-order valence-corrected chi connectivity index (χ3v) is 5.00. The summed E-state index contributed by atoms with van der Waals surface area (Å²) in [5, 5.41) is 11.5. The molecule has 0 amide bonds. The average molecular weight is 362 g/mol. The van der Waals surface area contributed by atoms with E-state index in [0.29, 0.717) is 17.4 Å². The van der Waals surface area contributed by atoms with Crippen LogP contribution >= 0.6 is 11.8 Å². The van der Waals surface area contributed by atoms with E-state index in [-0.39, 0.29) is 0 Å². The van der Waals surface area contributed by atoms with Crippen LogP contribution in [-0.4, -0.2) is 26.6 Å². The number of thioether (sulfide) groups is 1. The minimum Gasteiger partial charge on any atom is -0.332 e. The predicted molar refractivity (Wildman–Crippen MR) is 104 cm³/mol. The Balaban J connectivity index is 1.64. The van der Waals surface area contributed by atoms with Gasteiger partial charge < -0.3 is 4.52 Å². The minimum atomic E-state index is 0.429. The van der Waals surface area contributed by atoms with E-state index in [1.807, 2.05) is 36.6 Å². The highest BCUT2D eigenvalue weighted by Gasteiger charge is 2.15. The zero-order valence-electron chi connectivity index (χ0n) is 14.8. The third kappa shape index (κ3) is 3.15. The number of rotatable bonds is 4. The fraction of sp³-hybridized carbons (Fsp3) is 0.150. The van der Waals surface area contributed by atoms with Crippen LogP contribution in [0.1, 0.15) is 11.1 Å². The van der Waals surface area contributed by atoms with Gasteiger partial charge in [-0.2, -0.15) is 10.1 Å². The van der Waals surface area contributed by atoms with Crippen molar-refractivity contribution < 1.29 is 4.52 Å². The molecular formula is C20H18N4OS. The number of H-pyrrole nitrogens is 1. The third-order valence-electron chi connectivity index (χ3n) is 4.25. The summed E-state index contributed by atoms with van der Waals surface area (Å²) in [6.07, 6.45) is 2.05. The Morgan fingerprint density at radius 2 is 1.81 bits per heavy atom. The lowest BCUT2D eigenvalue weighted by Gasteiger charge is -2.02. The molecule has 2 aromatic heterocycles. The molecule has 0 unspecified atom stereocenters. The minimum absolute atomic E-state index is 0.429. The summed E-state index contributed by atoms with van der Waals surface area (Å²) in [6.45, 7) is 4.15. The van der Waals surface area contributed by atoms with Crippen LogP contribution in [0.15, 0.2) is 57.9 Å². The zero-order chi connectivity index (χ0) is 18.1. The van der Waals surface area contributed by atoms with Crippen molar-refractivity contribution in [2.24, 2.45) is 0 Å². The van der Waals surface area contributed by atoms with E-state index in [2.05, 4.69) is 52.4 Å². The summed E-state index contributed by atoms with van der Waals surface area (Å²) >= 11 is 1.70. The van der Waals surface area contributed by atoms with E-state index in [9.17, 15) is 0 Å². The molecule has 0 spiro atoms. The van der Waals surface area contributed by atoms with Crippen molar-refractivity contribution >= 4 is 11.8 Å². The Morgan fingerprint density at radius 1 is 1.00 bits per heavy atom. The van der Waals surface area contributed by atoms with Gasteiger partial charge in [-0.15, -0.1) is 11.8 Å². The first kappa shape index (κ1) is 16.6. The molecular weight excluding hydrogens is 344 g/mol. The van der Waals surface area contributed by atoms with Gasteiger partial charge in [0.05, 0.1) is 5.69 Å². The molecule has 0 saturated heterocycles. The molecule has 2 aromatic carbocycles. The van der Waals surface area contributed by atoms with Crippen molar-refractivity contribution in [1.82, 2.24) is 20.3 Å². The lowest BCUT2D eigenvalue weighted by atomic mass is 10.0. The molecule has 0 bridgehead atoms. The van der Waals surface area contributed by atoms with E-state index >= 15 is 0 Å². The summed E-state index contributed by atoms with van der Waals surface area (Å²) < 4.78 is 5.43. The Hall–Kier alpha value is -2.86. The zero-order valence-corrected chi connectivity index (χ0v) is 15.6. The molecule has 0 radical (unpaired) electrons. The van der Waals surface area contributed by atoms with Crippen LogP contribution in [0, 0.1) is 13.8 Å². The first-order valence-corrected chi connectivity index (χ1v) is 9.48. The molecule has 0 aliphatic rings. The molecule has 130 valence electrons. The molecule has 5 nitrogen and oxygen atoms in total. The van der Waals surface area contributed by atoms with E-state index in [1.165, 1.54) is 16.0 Å². The molecule has 1 N–H and O–H groups in total. The number of nitrogens with zero attached hydrogens (tertiary/aromatic N) is 3. The second-order valence-corrected chi connectivity index (χ2v) is 7.02. The molecule has 0 aliphatic heterocycles.